The fourth-order valence-electron chi connectivity index (χ4n) is 1.43. The van der Waals surface area contributed by atoms with Gasteiger partial charge in [-0.1, -0.05) is 0 Å². The maximum atomic E-state index is 12.2. The predicted octanol–water partition coefficient (Wildman–Crippen LogP) is -0.131. The van der Waals surface area contributed by atoms with Gasteiger partial charge in [-0.05, 0) is 26.8 Å². The van der Waals surface area contributed by atoms with E-state index in [0.29, 0.717) is 32.7 Å². The van der Waals surface area contributed by atoms with E-state index in [4.69, 9.17) is 10.5 Å². The Bertz CT molecular complexity index is 293. The van der Waals surface area contributed by atoms with Crippen LogP contribution in [0, 0.1) is 0 Å². The van der Waals surface area contributed by atoms with Crippen LogP contribution in [0.25, 0.3) is 0 Å². The zero-order valence-electron chi connectivity index (χ0n) is 11.2. The second kappa shape index (κ2) is 7.99. The molecule has 0 aliphatic rings. The van der Waals surface area contributed by atoms with Gasteiger partial charge in [-0.3, -0.25) is 0 Å². The quantitative estimate of drug-likeness (QED) is 0.631. The van der Waals surface area contributed by atoms with Gasteiger partial charge in [0.25, 0.3) is 10.2 Å². The van der Waals surface area contributed by atoms with E-state index in [9.17, 15) is 8.42 Å². The third-order valence-corrected chi connectivity index (χ3v) is 4.63. The summed E-state index contributed by atoms with van der Waals surface area (Å²) in [5, 5.41) is 0. The molecular formula is C10H25N3O3S. The van der Waals surface area contributed by atoms with Crippen molar-refractivity contribution < 1.29 is 13.2 Å². The summed E-state index contributed by atoms with van der Waals surface area (Å²) < 4.78 is 32.2. The van der Waals surface area contributed by atoms with Crippen LogP contribution in [0.2, 0.25) is 0 Å². The first-order valence-electron chi connectivity index (χ1n) is 5.80. The van der Waals surface area contributed by atoms with Gasteiger partial charge in [-0.2, -0.15) is 17.0 Å². The second-order valence-corrected chi connectivity index (χ2v) is 6.16. The molecule has 0 unspecified atom stereocenters. The lowest BCUT2D eigenvalue weighted by Gasteiger charge is -2.30. The number of methoxy groups -OCH3 is 1. The maximum Gasteiger partial charge on any atom is 0.282 e. The van der Waals surface area contributed by atoms with Crippen LogP contribution in [0.4, 0.5) is 0 Å². The Morgan fingerprint density at radius 2 is 1.88 bits per heavy atom. The fraction of sp³-hybridized carbons (Fsp3) is 1.00. The summed E-state index contributed by atoms with van der Waals surface area (Å²) in [5.74, 6) is 0. The number of nitrogens with zero attached hydrogens (tertiary/aromatic N) is 2. The number of rotatable bonds is 9. The highest BCUT2D eigenvalue weighted by atomic mass is 32.2. The largest absolute Gasteiger partial charge is 0.383 e. The van der Waals surface area contributed by atoms with Gasteiger partial charge < -0.3 is 10.5 Å². The average molecular weight is 267 g/mol. The molecule has 7 heteroatoms. The smallest absolute Gasteiger partial charge is 0.282 e. The Balaban J connectivity index is 4.70. The van der Waals surface area contributed by atoms with Crippen molar-refractivity contribution in [1.82, 2.24) is 8.61 Å². The lowest BCUT2D eigenvalue weighted by atomic mass is 10.4. The van der Waals surface area contributed by atoms with Crippen LogP contribution in [-0.4, -0.2) is 63.5 Å². The highest BCUT2D eigenvalue weighted by molar-refractivity contribution is 7.86. The van der Waals surface area contributed by atoms with Crippen LogP contribution in [-0.2, 0) is 14.9 Å². The van der Waals surface area contributed by atoms with Crippen LogP contribution in [0.1, 0.15) is 20.3 Å². The summed E-state index contributed by atoms with van der Waals surface area (Å²) in [6.45, 7) is 5.38. The Hall–Kier alpha value is -0.210. The zero-order chi connectivity index (χ0) is 13.5. The molecule has 0 bridgehead atoms. The molecule has 0 atom stereocenters. The van der Waals surface area contributed by atoms with Crippen LogP contribution >= 0.6 is 0 Å². The molecule has 104 valence electrons. The van der Waals surface area contributed by atoms with Crippen molar-refractivity contribution in [3.05, 3.63) is 0 Å². The highest BCUT2D eigenvalue weighted by Gasteiger charge is 2.28. The lowest BCUT2D eigenvalue weighted by molar-refractivity contribution is 0.167. The van der Waals surface area contributed by atoms with E-state index in [0.717, 1.165) is 0 Å². The van der Waals surface area contributed by atoms with Gasteiger partial charge in [-0.25, -0.2) is 0 Å². The molecule has 0 saturated heterocycles. The van der Waals surface area contributed by atoms with Crippen molar-refractivity contribution in [3.63, 3.8) is 0 Å². The summed E-state index contributed by atoms with van der Waals surface area (Å²) >= 11 is 0. The number of hydrogen-bond acceptors (Lipinski definition) is 4. The molecule has 0 heterocycles. The third-order valence-electron chi connectivity index (χ3n) is 2.46. The summed E-state index contributed by atoms with van der Waals surface area (Å²) in [6, 6.07) is -0.0875. The second-order valence-electron chi connectivity index (χ2n) is 4.17. The van der Waals surface area contributed by atoms with E-state index < -0.39 is 10.2 Å². The van der Waals surface area contributed by atoms with Crippen molar-refractivity contribution >= 4 is 10.2 Å². The highest BCUT2D eigenvalue weighted by Crippen LogP contribution is 2.11. The first-order valence-corrected chi connectivity index (χ1v) is 7.19. The Labute approximate surface area is 105 Å². The zero-order valence-corrected chi connectivity index (χ0v) is 12.0. The van der Waals surface area contributed by atoms with Gasteiger partial charge in [0.05, 0.1) is 6.61 Å². The summed E-state index contributed by atoms with van der Waals surface area (Å²) in [4.78, 5) is 0. The van der Waals surface area contributed by atoms with Crippen LogP contribution in [0.5, 0.6) is 0 Å². The summed E-state index contributed by atoms with van der Waals surface area (Å²) in [7, 11) is -0.278. The Kier molecular flexibility index (Phi) is 7.89. The molecule has 0 aliphatic carbocycles. The van der Waals surface area contributed by atoms with Gasteiger partial charge in [0, 0.05) is 33.3 Å². The number of hydrogen-bond donors (Lipinski definition) is 1. The van der Waals surface area contributed by atoms with E-state index in [-0.39, 0.29) is 6.04 Å². The van der Waals surface area contributed by atoms with Gasteiger partial charge in [0.15, 0.2) is 0 Å². The SMILES string of the molecule is COCCN(C(C)C)S(=O)(=O)N(C)CCCN. The standard InChI is InChI=1S/C10H25N3O3S/c1-10(2)13(8-9-16-4)17(14,15)12(3)7-5-6-11/h10H,5-9,11H2,1-4H3. The Morgan fingerprint density at radius 1 is 1.29 bits per heavy atom. The first-order chi connectivity index (χ1) is 7.87. The van der Waals surface area contributed by atoms with E-state index in [2.05, 4.69) is 0 Å². The molecule has 0 aromatic rings. The van der Waals surface area contributed by atoms with Crippen molar-refractivity contribution in [2.75, 3.05) is 40.4 Å². The third kappa shape index (κ3) is 5.31. The predicted molar refractivity (Wildman–Crippen MR) is 68.9 cm³/mol. The minimum absolute atomic E-state index is 0.0875. The van der Waals surface area contributed by atoms with Crippen molar-refractivity contribution in [3.8, 4) is 0 Å². The molecule has 0 fully saturated rings. The normalized spacial score (nSPS) is 12.9. The van der Waals surface area contributed by atoms with Crippen molar-refractivity contribution in [2.45, 2.75) is 26.3 Å². The molecule has 0 aromatic heterocycles. The van der Waals surface area contributed by atoms with Crippen LogP contribution in [0.3, 0.4) is 0 Å². The molecule has 0 saturated carbocycles. The number of nitrogens with two attached hydrogens (primary N) is 1. The minimum atomic E-state index is -3.41. The molecule has 0 aliphatic heterocycles. The fourth-order valence-corrected chi connectivity index (χ4v) is 2.99. The van der Waals surface area contributed by atoms with Crippen LogP contribution < -0.4 is 5.73 Å². The molecule has 17 heavy (non-hydrogen) atoms. The van der Waals surface area contributed by atoms with E-state index >= 15 is 0 Å². The van der Waals surface area contributed by atoms with E-state index in [1.807, 2.05) is 13.8 Å². The lowest BCUT2D eigenvalue weighted by Crippen LogP contribution is -2.47. The monoisotopic (exact) mass is 267 g/mol. The maximum absolute atomic E-state index is 12.2. The van der Waals surface area contributed by atoms with Gasteiger partial charge in [0.2, 0.25) is 0 Å². The molecule has 0 rings (SSSR count). The molecular weight excluding hydrogens is 242 g/mol. The van der Waals surface area contributed by atoms with Gasteiger partial charge in [0.1, 0.15) is 0 Å². The molecule has 6 nitrogen and oxygen atoms in total. The molecule has 0 amide bonds. The molecule has 0 spiro atoms. The summed E-state index contributed by atoms with van der Waals surface area (Å²) in [6.07, 6.45) is 0.659. The molecule has 0 aromatic carbocycles. The van der Waals surface area contributed by atoms with Crippen molar-refractivity contribution in [2.24, 2.45) is 5.73 Å². The first kappa shape index (κ1) is 16.8. The minimum Gasteiger partial charge on any atom is -0.383 e. The molecule has 0 radical (unpaired) electrons. The van der Waals surface area contributed by atoms with E-state index in [1.54, 1.807) is 14.2 Å². The Morgan fingerprint density at radius 3 is 2.29 bits per heavy atom. The number of ether oxygens (including phenoxy) is 1. The topological polar surface area (TPSA) is 75.9 Å². The van der Waals surface area contributed by atoms with Gasteiger partial charge in [-0.15, -0.1) is 0 Å². The summed E-state index contributed by atoms with van der Waals surface area (Å²) in [5.41, 5.74) is 5.38. The van der Waals surface area contributed by atoms with E-state index in [1.165, 1.54) is 8.61 Å². The van der Waals surface area contributed by atoms with Crippen LogP contribution in [0.15, 0.2) is 0 Å². The van der Waals surface area contributed by atoms with Crippen molar-refractivity contribution in [1.29, 1.82) is 0 Å². The average Bonchev–Trinajstić information content (AvgIpc) is 2.25. The van der Waals surface area contributed by atoms with Gasteiger partial charge >= 0.3 is 0 Å². The molecule has 2 N–H and O–H groups in total.